The van der Waals surface area contributed by atoms with E-state index in [0.717, 1.165) is 17.0 Å². The Morgan fingerprint density at radius 1 is 1.53 bits per heavy atom. The third kappa shape index (κ3) is 2.84. The van der Waals surface area contributed by atoms with E-state index in [1.807, 2.05) is 25.6 Å². The summed E-state index contributed by atoms with van der Waals surface area (Å²) in [4.78, 5) is 0. The van der Waals surface area contributed by atoms with Crippen molar-refractivity contribution in [1.82, 2.24) is 9.78 Å². The van der Waals surface area contributed by atoms with Crippen molar-refractivity contribution in [3.63, 3.8) is 0 Å². The van der Waals surface area contributed by atoms with E-state index in [-0.39, 0.29) is 6.10 Å². The monoisotopic (exact) mass is 206 g/mol. The lowest BCUT2D eigenvalue weighted by molar-refractivity contribution is 0.166. The first kappa shape index (κ1) is 11.8. The van der Waals surface area contributed by atoms with E-state index in [4.69, 9.17) is 6.42 Å². The zero-order valence-corrected chi connectivity index (χ0v) is 9.62. The van der Waals surface area contributed by atoms with Gasteiger partial charge in [-0.3, -0.25) is 4.68 Å². The Balaban J connectivity index is 2.68. The van der Waals surface area contributed by atoms with Gasteiger partial charge in [-0.1, -0.05) is 0 Å². The number of aliphatic hydroxyl groups excluding tert-OH is 1. The molecule has 1 aromatic heterocycles. The number of hydrogen-bond donors (Lipinski definition) is 1. The highest BCUT2D eigenvalue weighted by Gasteiger charge is 2.13. The number of hydrogen-bond acceptors (Lipinski definition) is 2. The molecular formula is C12H18N2O. The minimum Gasteiger partial charge on any atom is -0.393 e. The van der Waals surface area contributed by atoms with Crippen molar-refractivity contribution >= 4 is 0 Å². The van der Waals surface area contributed by atoms with Crippen LogP contribution in [0.15, 0.2) is 0 Å². The van der Waals surface area contributed by atoms with Crippen LogP contribution in [-0.4, -0.2) is 21.0 Å². The molecule has 0 amide bonds. The molecule has 82 valence electrons. The summed E-state index contributed by atoms with van der Waals surface area (Å²) in [5, 5.41) is 14.1. The molecule has 1 aromatic rings. The topological polar surface area (TPSA) is 38.1 Å². The van der Waals surface area contributed by atoms with Crippen molar-refractivity contribution < 1.29 is 5.11 Å². The average molecular weight is 206 g/mol. The lowest BCUT2D eigenvalue weighted by Crippen LogP contribution is -2.11. The predicted molar refractivity (Wildman–Crippen MR) is 60.5 cm³/mol. The molecule has 3 heteroatoms. The highest BCUT2D eigenvalue weighted by molar-refractivity contribution is 5.25. The second kappa shape index (κ2) is 4.99. The van der Waals surface area contributed by atoms with Gasteiger partial charge in [-0.2, -0.15) is 5.10 Å². The third-order valence-electron chi connectivity index (χ3n) is 2.72. The van der Waals surface area contributed by atoms with Crippen molar-refractivity contribution in [1.29, 1.82) is 0 Å². The third-order valence-corrected chi connectivity index (χ3v) is 2.72. The van der Waals surface area contributed by atoms with Gasteiger partial charge in [0.15, 0.2) is 0 Å². The molecule has 0 fully saturated rings. The van der Waals surface area contributed by atoms with Gasteiger partial charge in [0.25, 0.3) is 0 Å². The van der Waals surface area contributed by atoms with Gasteiger partial charge in [0.05, 0.1) is 11.8 Å². The maximum atomic E-state index is 9.76. The van der Waals surface area contributed by atoms with Crippen molar-refractivity contribution in [3.05, 3.63) is 17.0 Å². The molecule has 1 N–H and O–H groups in total. The largest absolute Gasteiger partial charge is 0.393 e. The second-order valence-corrected chi connectivity index (χ2v) is 3.87. The quantitative estimate of drug-likeness (QED) is 0.755. The standard InChI is InChI=1S/C12H18N2O/c1-5-6-7-11(15)8-12-9(2)13-14(4)10(12)3/h1,11,15H,6-8H2,2-4H3. The second-order valence-electron chi connectivity index (χ2n) is 3.87. The Kier molecular flexibility index (Phi) is 3.93. The van der Waals surface area contributed by atoms with Gasteiger partial charge in [-0.05, 0) is 25.8 Å². The molecule has 0 saturated heterocycles. The Bertz CT molecular complexity index is 374. The van der Waals surface area contributed by atoms with Crippen LogP contribution in [0.5, 0.6) is 0 Å². The molecule has 0 radical (unpaired) electrons. The SMILES string of the molecule is C#CCCC(O)Cc1c(C)nn(C)c1C. The van der Waals surface area contributed by atoms with E-state index in [1.54, 1.807) is 0 Å². The van der Waals surface area contributed by atoms with E-state index in [0.29, 0.717) is 19.3 Å². The van der Waals surface area contributed by atoms with Crippen molar-refractivity contribution in [2.45, 2.75) is 39.2 Å². The lowest BCUT2D eigenvalue weighted by Gasteiger charge is -2.08. The molecule has 15 heavy (non-hydrogen) atoms. The Morgan fingerprint density at radius 3 is 2.67 bits per heavy atom. The number of nitrogens with zero attached hydrogens (tertiary/aromatic N) is 2. The Morgan fingerprint density at radius 2 is 2.20 bits per heavy atom. The zero-order chi connectivity index (χ0) is 11.4. The summed E-state index contributed by atoms with van der Waals surface area (Å²) >= 11 is 0. The predicted octanol–water partition coefficient (Wildman–Crippen LogP) is 1.35. The summed E-state index contributed by atoms with van der Waals surface area (Å²) in [5.74, 6) is 2.54. The average Bonchev–Trinajstić information content (AvgIpc) is 2.42. The van der Waals surface area contributed by atoms with E-state index in [9.17, 15) is 5.11 Å². The molecule has 0 spiro atoms. The number of terminal acetylenes is 1. The van der Waals surface area contributed by atoms with Gasteiger partial charge in [-0.15, -0.1) is 12.3 Å². The summed E-state index contributed by atoms with van der Waals surface area (Å²) in [6.07, 6.45) is 6.73. The minimum atomic E-state index is -0.359. The van der Waals surface area contributed by atoms with Crippen LogP contribution in [-0.2, 0) is 13.5 Å². The number of aromatic nitrogens is 2. The van der Waals surface area contributed by atoms with Crippen LogP contribution in [0.1, 0.15) is 29.8 Å². The Hall–Kier alpha value is -1.27. The molecule has 1 heterocycles. The van der Waals surface area contributed by atoms with Crippen LogP contribution in [0.4, 0.5) is 0 Å². The van der Waals surface area contributed by atoms with Crippen LogP contribution in [0.25, 0.3) is 0 Å². The van der Waals surface area contributed by atoms with Crippen molar-refractivity contribution in [2.75, 3.05) is 0 Å². The lowest BCUT2D eigenvalue weighted by atomic mass is 10.0. The first-order valence-electron chi connectivity index (χ1n) is 5.16. The molecule has 1 unspecified atom stereocenters. The smallest absolute Gasteiger partial charge is 0.0629 e. The van der Waals surface area contributed by atoms with Gasteiger partial charge < -0.3 is 5.11 Å². The van der Waals surface area contributed by atoms with Gasteiger partial charge in [0, 0.05) is 25.6 Å². The molecule has 0 aliphatic rings. The van der Waals surface area contributed by atoms with Gasteiger partial charge >= 0.3 is 0 Å². The molecule has 3 nitrogen and oxygen atoms in total. The normalized spacial score (nSPS) is 12.5. The number of aryl methyl sites for hydroxylation is 2. The van der Waals surface area contributed by atoms with Crippen LogP contribution in [0.2, 0.25) is 0 Å². The molecule has 0 aliphatic carbocycles. The van der Waals surface area contributed by atoms with Crippen LogP contribution < -0.4 is 0 Å². The molecule has 1 rings (SSSR count). The highest BCUT2D eigenvalue weighted by Crippen LogP contribution is 2.15. The minimum absolute atomic E-state index is 0.359. The fourth-order valence-corrected chi connectivity index (χ4v) is 1.70. The summed E-state index contributed by atoms with van der Waals surface area (Å²) in [7, 11) is 1.92. The van der Waals surface area contributed by atoms with Gasteiger partial charge in [0.2, 0.25) is 0 Å². The zero-order valence-electron chi connectivity index (χ0n) is 9.62. The first-order valence-corrected chi connectivity index (χ1v) is 5.16. The van der Waals surface area contributed by atoms with E-state index in [1.165, 1.54) is 0 Å². The summed E-state index contributed by atoms with van der Waals surface area (Å²) in [6, 6.07) is 0. The Labute approximate surface area is 91.1 Å². The van der Waals surface area contributed by atoms with Gasteiger partial charge in [-0.25, -0.2) is 0 Å². The molecule has 1 atom stereocenters. The highest BCUT2D eigenvalue weighted by atomic mass is 16.3. The fourth-order valence-electron chi connectivity index (χ4n) is 1.70. The van der Waals surface area contributed by atoms with Crippen LogP contribution >= 0.6 is 0 Å². The van der Waals surface area contributed by atoms with E-state index in [2.05, 4.69) is 11.0 Å². The molecule has 0 aromatic carbocycles. The summed E-state index contributed by atoms with van der Waals surface area (Å²) in [6.45, 7) is 3.99. The fraction of sp³-hybridized carbons (Fsp3) is 0.583. The van der Waals surface area contributed by atoms with E-state index < -0.39 is 0 Å². The first-order chi connectivity index (χ1) is 7.06. The summed E-state index contributed by atoms with van der Waals surface area (Å²) in [5.41, 5.74) is 3.25. The van der Waals surface area contributed by atoms with Gasteiger partial charge in [0.1, 0.15) is 0 Å². The maximum absolute atomic E-state index is 9.76. The maximum Gasteiger partial charge on any atom is 0.0629 e. The molecule has 0 saturated carbocycles. The number of rotatable bonds is 4. The van der Waals surface area contributed by atoms with Crippen LogP contribution in [0.3, 0.4) is 0 Å². The number of aliphatic hydroxyl groups is 1. The van der Waals surface area contributed by atoms with E-state index >= 15 is 0 Å². The molecular weight excluding hydrogens is 188 g/mol. The van der Waals surface area contributed by atoms with Crippen molar-refractivity contribution in [2.24, 2.45) is 7.05 Å². The van der Waals surface area contributed by atoms with Crippen LogP contribution in [0, 0.1) is 26.2 Å². The summed E-state index contributed by atoms with van der Waals surface area (Å²) < 4.78 is 1.85. The molecule has 0 bridgehead atoms. The van der Waals surface area contributed by atoms with Crippen molar-refractivity contribution in [3.8, 4) is 12.3 Å². The molecule has 0 aliphatic heterocycles.